The lowest BCUT2D eigenvalue weighted by molar-refractivity contribution is 0.0624. The first kappa shape index (κ1) is 15.8. The number of aromatic nitrogens is 2. The highest BCUT2D eigenvalue weighted by Crippen LogP contribution is 2.39. The predicted molar refractivity (Wildman–Crippen MR) is 82.3 cm³/mol. The molecule has 114 valence electrons. The minimum absolute atomic E-state index is 0.123. The van der Waals surface area contributed by atoms with E-state index < -0.39 is 0 Å². The summed E-state index contributed by atoms with van der Waals surface area (Å²) in [5.41, 5.74) is 2.26. The third kappa shape index (κ3) is 2.87. The van der Waals surface area contributed by atoms with Crippen LogP contribution in [0.15, 0.2) is 0 Å². The molecule has 1 aliphatic heterocycles. The highest BCUT2D eigenvalue weighted by Gasteiger charge is 2.42. The number of nitrogens with zero attached hydrogens (tertiary/aromatic N) is 2. The molecule has 0 saturated carbocycles. The van der Waals surface area contributed by atoms with Gasteiger partial charge in [0.1, 0.15) is 0 Å². The molecule has 0 aromatic carbocycles. The van der Waals surface area contributed by atoms with Crippen LogP contribution in [-0.4, -0.2) is 35.6 Å². The second-order valence-corrected chi connectivity index (χ2v) is 6.14. The molecule has 4 nitrogen and oxygen atoms in total. The zero-order chi connectivity index (χ0) is 14.8. The third-order valence-electron chi connectivity index (χ3n) is 4.58. The van der Waals surface area contributed by atoms with E-state index in [1.54, 1.807) is 0 Å². The lowest BCUT2D eigenvalue weighted by atomic mass is 9.77. The van der Waals surface area contributed by atoms with E-state index in [4.69, 9.17) is 16.3 Å². The van der Waals surface area contributed by atoms with Crippen molar-refractivity contribution in [1.29, 1.82) is 0 Å². The maximum absolute atomic E-state index is 6.51. The van der Waals surface area contributed by atoms with Gasteiger partial charge in [0.2, 0.25) is 0 Å². The van der Waals surface area contributed by atoms with E-state index in [2.05, 4.69) is 31.2 Å². The van der Waals surface area contributed by atoms with Gasteiger partial charge in [-0.2, -0.15) is 5.10 Å². The van der Waals surface area contributed by atoms with Crippen LogP contribution in [0.3, 0.4) is 0 Å². The first-order valence-electron chi connectivity index (χ1n) is 7.56. The number of ether oxygens (including phenoxy) is 1. The zero-order valence-corrected chi connectivity index (χ0v) is 13.8. The largest absolute Gasteiger partial charge is 0.378 e. The van der Waals surface area contributed by atoms with Crippen molar-refractivity contribution in [2.45, 2.75) is 46.1 Å². The van der Waals surface area contributed by atoms with Crippen LogP contribution in [0.2, 0.25) is 5.02 Å². The van der Waals surface area contributed by atoms with Crippen molar-refractivity contribution in [1.82, 2.24) is 15.1 Å². The molecule has 1 aromatic rings. The highest BCUT2D eigenvalue weighted by atomic mass is 35.5. The average Bonchev–Trinajstić information content (AvgIpc) is 2.92. The maximum atomic E-state index is 6.51. The Morgan fingerprint density at radius 3 is 2.75 bits per heavy atom. The Bertz CT molecular complexity index is 460. The second-order valence-electron chi connectivity index (χ2n) is 5.77. The molecular formula is C15H26ClN3O. The van der Waals surface area contributed by atoms with Crippen LogP contribution in [0.4, 0.5) is 0 Å². The van der Waals surface area contributed by atoms with Crippen LogP contribution in [-0.2, 0) is 24.6 Å². The minimum atomic E-state index is 0.123. The highest BCUT2D eigenvalue weighted by molar-refractivity contribution is 6.31. The summed E-state index contributed by atoms with van der Waals surface area (Å²) in [5, 5.41) is 8.86. The van der Waals surface area contributed by atoms with Crippen molar-refractivity contribution in [3.63, 3.8) is 0 Å². The molecule has 2 rings (SSSR count). The fourth-order valence-electron chi connectivity index (χ4n) is 3.07. The first-order valence-corrected chi connectivity index (χ1v) is 7.94. The van der Waals surface area contributed by atoms with Crippen molar-refractivity contribution in [2.24, 2.45) is 12.5 Å². The van der Waals surface area contributed by atoms with Crippen LogP contribution < -0.4 is 5.32 Å². The summed E-state index contributed by atoms with van der Waals surface area (Å²) >= 11 is 6.51. The molecule has 1 N–H and O–H groups in total. The van der Waals surface area contributed by atoms with Crippen molar-refractivity contribution >= 4 is 11.6 Å². The molecule has 1 aromatic heterocycles. The van der Waals surface area contributed by atoms with E-state index in [1.807, 2.05) is 11.7 Å². The van der Waals surface area contributed by atoms with Gasteiger partial charge in [-0.15, -0.1) is 0 Å². The molecule has 5 heteroatoms. The van der Waals surface area contributed by atoms with Gasteiger partial charge in [0.05, 0.1) is 22.5 Å². The van der Waals surface area contributed by atoms with E-state index in [0.29, 0.717) is 0 Å². The standard InChI is InChI=1S/C15H26ClN3O/c1-5-12-14(16)13(19(4)18-12)9-15(10-17-6-2)7-8-20-11(15)3/h11,17H,5-10H2,1-4H3. The summed E-state index contributed by atoms with van der Waals surface area (Å²) < 4.78 is 7.78. The van der Waals surface area contributed by atoms with Gasteiger partial charge in [-0.3, -0.25) is 4.68 Å². The predicted octanol–water partition coefficient (Wildman–Crippen LogP) is 2.58. The van der Waals surface area contributed by atoms with Gasteiger partial charge in [0.15, 0.2) is 0 Å². The molecule has 0 bridgehead atoms. The van der Waals surface area contributed by atoms with Crippen LogP contribution in [0.5, 0.6) is 0 Å². The normalized spacial score (nSPS) is 26.4. The van der Waals surface area contributed by atoms with Gasteiger partial charge in [-0.1, -0.05) is 25.4 Å². The quantitative estimate of drug-likeness (QED) is 0.877. The molecule has 20 heavy (non-hydrogen) atoms. The molecule has 1 fully saturated rings. The van der Waals surface area contributed by atoms with Crippen LogP contribution in [0, 0.1) is 5.41 Å². The topological polar surface area (TPSA) is 39.1 Å². The van der Waals surface area contributed by atoms with E-state index in [0.717, 1.165) is 55.4 Å². The molecule has 1 aliphatic rings. The monoisotopic (exact) mass is 299 g/mol. The molecule has 0 amide bonds. The summed E-state index contributed by atoms with van der Waals surface area (Å²) in [6, 6.07) is 0. The van der Waals surface area contributed by atoms with E-state index in [-0.39, 0.29) is 11.5 Å². The van der Waals surface area contributed by atoms with Crippen LogP contribution in [0.25, 0.3) is 0 Å². The number of nitrogens with one attached hydrogen (secondary N) is 1. The fraction of sp³-hybridized carbons (Fsp3) is 0.800. The van der Waals surface area contributed by atoms with Gasteiger partial charge >= 0.3 is 0 Å². The van der Waals surface area contributed by atoms with E-state index in [1.165, 1.54) is 0 Å². The molecule has 0 spiro atoms. The summed E-state index contributed by atoms with van der Waals surface area (Å²) in [7, 11) is 1.99. The van der Waals surface area contributed by atoms with Crippen LogP contribution >= 0.6 is 11.6 Å². The van der Waals surface area contributed by atoms with Crippen molar-refractivity contribution in [3.05, 3.63) is 16.4 Å². The Labute approximate surface area is 126 Å². The van der Waals surface area contributed by atoms with Gasteiger partial charge in [-0.25, -0.2) is 0 Å². The number of rotatable bonds is 6. The Hall–Kier alpha value is -0.580. The molecular weight excluding hydrogens is 274 g/mol. The molecule has 2 atom stereocenters. The van der Waals surface area contributed by atoms with Crippen molar-refractivity contribution in [2.75, 3.05) is 19.7 Å². The summed E-state index contributed by atoms with van der Waals surface area (Å²) in [4.78, 5) is 0. The number of hydrogen-bond acceptors (Lipinski definition) is 3. The smallest absolute Gasteiger partial charge is 0.0849 e. The Morgan fingerprint density at radius 1 is 1.50 bits per heavy atom. The number of halogens is 1. The summed E-state index contributed by atoms with van der Waals surface area (Å²) in [6.45, 7) is 9.19. The van der Waals surface area contributed by atoms with Crippen molar-refractivity contribution < 1.29 is 4.74 Å². The molecule has 2 unspecified atom stereocenters. The summed E-state index contributed by atoms with van der Waals surface area (Å²) in [5.74, 6) is 0. The Kier molecular flexibility index (Phi) is 5.10. The van der Waals surface area contributed by atoms with Gasteiger partial charge in [0.25, 0.3) is 0 Å². The molecule has 0 aliphatic carbocycles. The van der Waals surface area contributed by atoms with Crippen molar-refractivity contribution in [3.8, 4) is 0 Å². The van der Waals surface area contributed by atoms with Gasteiger partial charge in [-0.05, 0) is 26.3 Å². The minimum Gasteiger partial charge on any atom is -0.378 e. The zero-order valence-electron chi connectivity index (χ0n) is 13.0. The van der Waals surface area contributed by atoms with Gasteiger partial charge in [0, 0.05) is 32.0 Å². The molecule has 1 saturated heterocycles. The summed E-state index contributed by atoms with van der Waals surface area (Å²) in [6.07, 6.45) is 3.12. The fourth-order valence-corrected chi connectivity index (χ4v) is 3.43. The van der Waals surface area contributed by atoms with E-state index in [9.17, 15) is 0 Å². The molecule has 0 radical (unpaired) electrons. The Balaban J connectivity index is 2.26. The SMILES string of the molecule is CCNCC1(Cc2c(Cl)c(CC)nn2C)CCOC1C. The lowest BCUT2D eigenvalue weighted by Gasteiger charge is -2.32. The van der Waals surface area contributed by atoms with E-state index >= 15 is 0 Å². The van der Waals surface area contributed by atoms with Crippen LogP contribution in [0.1, 0.15) is 38.6 Å². The average molecular weight is 300 g/mol. The second kappa shape index (κ2) is 6.46. The van der Waals surface area contributed by atoms with Gasteiger partial charge < -0.3 is 10.1 Å². The molecule has 2 heterocycles. The first-order chi connectivity index (χ1) is 9.54. The number of hydrogen-bond donors (Lipinski definition) is 1. The third-order valence-corrected chi connectivity index (χ3v) is 5.02. The maximum Gasteiger partial charge on any atom is 0.0849 e. The lowest BCUT2D eigenvalue weighted by Crippen LogP contribution is -2.41. The Morgan fingerprint density at radius 2 is 2.25 bits per heavy atom. The number of aryl methyl sites for hydroxylation is 2.